The zero-order valence-electron chi connectivity index (χ0n) is 16.4. The molecule has 1 aromatic rings. The number of aliphatic hydroxyl groups is 1. The van der Waals surface area contributed by atoms with Crippen LogP contribution < -0.4 is 9.64 Å². The van der Waals surface area contributed by atoms with E-state index < -0.39 is 41.5 Å². The van der Waals surface area contributed by atoms with Gasteiger partial charge >= 0.3 is 5.97 Å². The Kier molecular flexibility index (Phi) is 5.22. The van der Waals surface area contributed by atoms with Crippen LogP contribution in [0.1, 0.15) is 20.8 Å². The summed E-state index contributed by atoms with van der Waals surface area (Å²) in [6.45, 7) is 8.49. The average molecular weight is 391 g/mol. The minimum Gasteiger partial charge on any atom is -0.497 e. The summed E-state index contributed by atoms with van der Waals surface area (Å²) in [6.07, 6.45) is -0.597. The summed E-state index contributed by atoms with van der Waals surface area (Å²) < 4.78 is 21.9. The lowest BCUT2D eigenvalue weighted by molar-refractivity contribution is -0.194. The fourth-order valence-electron chi connectivity index (χ4n) is 3.70. The van der Waals surface area contributed by atoms with Gasteiger partial charge < -0.3 is 29.0 Å². The maximum absolute atomic E-state index is 13.1. The third-order valence-corrected chi connectivity index (χ3v) is 4.96. The monoisotopic (exact) mass is 391 g/mol. The molecule has 0 spiro atoms. The zero-order chi connectivity index (χ0) is 20.7. The number of nitrogens with zero attached hydrogens (tertiary/aromatic N) is 1. The van der Waals surface area contributed by atoms with Gasteiger partial charge in [0.05, 0.1) is 13.7 Å². The number of amides is 1. The van der Waals surface area contributed by atoms with Gasteiger partial charge in [-0.15, -0.1) is 0 Å². The van der Waals surface area contributed by atoms with Crippen LogP contribution in [0.5, 0.6) is 5.75 Å². The molecule has 0 aliphatic carbocycles. The highest BCUT2D eigenvalue weighted by molar-refractivity contribution is 6.09. The van der Waals surface area contributed by atoms with E-state index in [1.54, 1.807) is 45.2 Å². The van der Waals surface area contributed by atoms with Crippen molar-refractivity contribution in [3.8, 4) is 5.75 Å². The Labute approximate surface area is 163 Å². The number of methoxy groups -OCH3 is 1. The second-order valence-electron chi connectivity index (χ2n) is 7.28. The van der Waals surface area contributed by atoms with E-state index in [1.165, 1.54) is 17.9 Å². The minimum atomic E-state index is -2.01. The van der Waals surface area contributed by atoms with E-state index in [4.69, 9.17) is 18.9 Å². The smallest absolute Gasteiger partial charge is 0.303 e. The molecule has 0 saturated carbocycles. The largest absolute Gasteiger partial charge is 0.497 e. The molecule has 1 amide bonds. The third kappa shape index (κ3) is 3.28. The summed E-state index contributed by atoms with van der Waals surface area (Å²) in [4.78, 5) is 26.0. The van der Waals surface area contributed by atoms with E-state index in [2.05, 4.69) is 6.58 Å². The van der Waals surface area contributed by atoms with E-state index in [9.17, 15) is 14.7 Å². The number of ether oxygens (including phenoxy) is 4. The molecule has 2 saturated heterocycles. The molecule has 0 radical (unpaired) electrons. The van der Waals surface area contributed by atoms with Crippen LogP contribution in [-0.4, -0.2) is 60.3 Å². The number of carbonyl (C=O) groups excluding carboxylic acids is 2. The molecule has 8 nitrogen and oxygen atoms in total. The Morgan fingerprint density at radius 1 is 1.39 bits per heavy atom. The number of esters is 1. The highest BCUT2D eigenvalue weighted by Gasteiger charge is 2.69. The molecule has 0 bridgehead atoms. The lowest BCUT2D eigenvalue weighted by atomic mass is 9.74. The fourth-order valence-corrected chi connectivity index (χ4v) is 3.70. The van der Waals surface area contributed by atoms with Crippen LogP contribution in [0.25, 0.3) is 0 Å². The summed E-state index contributed by atoms with van der Waals surface area (Å²) in [5.41, 5.74) is -1.46. The van der Waals surface area contributed by atoms with Crippen LogP contribution in [0, 0.1) is 0 Å². The predicted molar refractivity (Wildman–Crippen MR) is 99.9 cm³/mol. The topological polar surface area (TPSA) is 94.5 Å². The molecular formula is C20H25NO7. The van der Waals surface area contributed by atoms with Gasteiger partial charge in [0.25, 0.3) is 5.91 Å². The molecule has 2 heterocycles. The second-order valence-corrected chi connectivity index (χ2v) is 7.28. The van der Waals surface area contributed by atoms with E-state index in [0.29, 0.717) is 11.4 Å². The lowest BCUT2D eigenvalue weighted by Gasteiger charge is -2.56. The molecule has 1 N–H and O–H groups in total. The van der Waals surface area contributed by atoms with Crippen molar-refractivity contribution >= 4 is 17.6 Å². The van der Waals surface area contributed by atoms with Crippen molar-refractivity contribution < 1.29 is 33.6 Å². The van der Waals surface area contributed by atoms with Gasteiger partial charge in [-0.25, -0.2) is 0 Å². The fraction of sp³-hybridized carbons (Fsp3) is 0.500. The summed E-state index contributed by atoms with van der Waals surface area (Å²) in [6, 6.07) is 6.00. The summed E-state index contributed by atoms with van der Waals surface area (Å²) >= 11 is 0. The molecule has 3 rings (SSSR count). The van der Waals surface area contributed by atoms with Crippen molar-refractivity contribution in [2.24, 2.45) is 0 Å². The van der Waals surface area contributed by atoms with Gasteiger partial charge in [0.15, 0.2) is 11.9 Å². The standard InChI is InChI=1S/C20H25NO7/c1-6-16(27-12(2)22)20(24)17(15-11-26-19(3,4)28-15)21(18(20)23)13-7-9-14(25-5)10-8-13/h6-10,15-17,24H,1,11H2,2-5H3/t15-,16-,17+,20-/m1/s1. The van der Waals surface area contributed by atoms with Crippen LogP contribution in [-0.2, 0) is 23.8 Å². The Bertz CT molecular complexity index is 775. The molecule has 28 heavy (non-hydrogen) atoms. The Morgan fingerprint density at radius 2 is 2.04 bits per heavy atom. The van der Waals surface area contributed by atoms with E-state index in [1.807, 2.05) is 0 Å². The Hall–Kier alpha value is -2.42. The second kappa shape index (κ2) is 7.20. The SMILES string of the molecule is C=C[C@@H](OC(C)=O)[C@]1(O)C(=O)N(c2ccc(OC)cc2)[C@H]1[C@H]1COC(C)(C)O1. The van der Waals surface area contributed by atoms with Crippen molar-refractivity contribution in [1.82, 2.24) is 0 Å². The number of hydrogen-bond acceptors (Lipinski definition) is 7. The first kappa shape index (κ1) is 20.3. The van der Waals surface area contributed by atoms with Gasteiger partial charge in [0, 0.05) is 12.6 Å². The average Bonchev–Trinajstić information content (AvgIpc) is 3.01. The molecule has 0 aromatic heterocycles. The van der Waals surface area contributed by atoms with Gasteiger partial charge in [0.1, 0.15) is 17.9 Å². The van der Waals surface area contributed by atoms with Gasteiger partial charge in [-0.05, 0) is 44.2 Å². The molecule has 8 heteroatoms. The Morgan fingerprint density at radius 3 is 2.50 bits per heavy atom. The summed E-state index contributed by atoms with van der Waals surface area (Å²) in [7, 11) is 1.55. The van der Waals surface area contributed by atoms with Crippen LogP contribution in [0.3, 0.4) is 0 Å². The molecule has 4 atom stereocenters. The number of anilines is 1. The van der Waals surface area contributed by atoms with Gasteiger partial charge in [0.2, 0.25) is 5.60 Å². The Balaban J connectivity index is 1.99. The van der Waals surface area contributed by atoms with E-state index >= 15 is 0 Å². The molecule has 2 fully saturated rings. The van der Waals surface area contributed by atoms with Gasteiger partial charge in [-0.2, -0.15) is 0 Å². The molecular weight excluding hydrogens is 366 g/mol. The van der Waals surface area contributed by atoms with E-state index in [-0.39, 0.29) is 6.61 Å². The number of benzene rings is 1. The van der Waals surface area contributed by atoms with Crippen molar-refractivity contribution in [3.63, 3.8) is 0 Å². The maximum atomic E-state index is 13.1. The quantitative estimate of drug-likeness (QED) is 0.445. The molecule has 0 unspecified atom stereocenters. The number of hydrogen-bond donors (Lipinski definition) is 1. The number of β-lactam (4-membered cyclic amide) rings is 1. The molecule has 152 valence electrons. The first-order valence-electron chi connectivity index (χ1n) is 8.95. The number of rotatable bonds is 6. The minimum absolute atomic E-state index is 0.170. The van der Waals surface area contributed by atoms with Gasteiger partial charge in [-0.1, -0.05) is 6.58 Å². The third-order valence-electron chi connectivity index (χ3n) is 4.96. The highest BCUT2D eigenvalue weighted by Crippen LogP contribution is 2.44. The van der Waals surface area contributed by atoms with E-state index in [0.717, 1.165) is 0 Å². The van der Waals surface area contributed by atoms with Crippen molar-refractivity contribution in [3.05, 3.63) is 36.9 Å². The van der Waals surface area contributed by atoms with Crippen LogP contribution in [0.4, 0.5) is 5.69 Å². The lowest BCUT2D eigenvalue weighted by Crippen LogP contribution is -2.82. The van der Waals surface area contributed by atoms with Crippen molar-refractivity contribution in [1.29, 1.82) is 0 Å². The predicted octanol–water partition coefficient (Wildman–Crippen LogP) is 1.41. The first-order chi connectivity index (χ1) is 13.1. The van der Waals surface area contributed by atoms with Gasteiger partial charge in [-0.3, -0.25) is 9.59 Å². The van der Waals surface area contributed by atoms with Crippen molar-refractivity contribution in [2.75, 3.05) is 18.6 Å². The highest BCUT2D eigenvalue weighted by atomic mass is 16.7. The summed E-state index contributed by atoms with van der Waals surface area (Å²) in [5, 5.41) is 11.3. The molecule has 2 aliphatic heterocycles. The van der Waals surface area contributed by atoms with Crippen LogP contribution in [0.2, 0.25) is 0 Å². The first-order valence-corrected chi connectivity index (χ1v) is 8.95. The molecule has 1 aromatic carbocycles. The zero-order valence-corrected chi connectivity index (χ0v) is 16.4. The van der Waals surface area contributed by atoms with Crippen LogP contribution >= 0.6 is 0 Å². The van der Waals surface area contributed by atoms with Crippen LogP contribution in [0.15, 0.2) is 36.9 Å². The molecule has 2 aliphatic rings. The normalized spacial score (nSPS) is 29.8. The maximum Gasteiger partial charge on any atom is 0.303 e. The number of carbonyl (C=O) groups is 2. The van der Waals surface area contributed by atoms with Crippen molar-refractivity contribution in [2.45, 2.75) is 50.4 Å². The summed E-state index contributed by atoms with van der Waals surface area (Å²) in [5.74, 6) is -1.46.